The average molecular weight is 240 g/mol. The van der Waals surface area contributed by atoms with Crippen molar-refractivity contribution in [1.82, 2.24) is 0 Å². The summed E-state index contributed by atoms with van der Waals surface area (Å²) in [6.45, 7) is 10.3. The Morgan fingerprint density at radius 2 is 1.82 bits per heavy atom. The molecule has 0 bridgehead atoms. The number of hydrogen-bond acceptors (Lipinski definition) is 1. The number of carboxylic acids is 1. The van der Waals surface area contributed by atoms with Gasteiger partial charge in [0, 0.05) is 0 Å². The monoisotopic (exact) mass is 240 g/mol. The van der Waals surface area contributed by atoms with E-state index < -0.39 is 5.97 Å². The lowest BCUT2D eigenvalue weighted by molar-refractivity contribution is -0.143. The van der Waals surface area contributed by atoms with Crippen molar-refractivity contribution >= 4 is 5.97 Å². The van der Waals surface area contributed by atoms with Gasteiger partial charge in [0.1, 0.15) is 0 Å². The second-order valence-electron chi connectivity index (χ2n) is 5.78. The van der Waals surface area contributed by atoms with Gasteiger partial charge in [-0.3, -0.25) is 4.79 Å². The Bertz CT molecular complexity index is 259. The Balaban J connectivity index is 4.86. The summed E-state index contributed by atoms with van der Waals surface area (Å²) >= 11 is 0. The summed E-state index contributed by atoms with van der Waals surface area (Å²) in [5.74, 6) is -1.03. The molecule has 0 saturated heterocycles. The summed E-state index contributed by atoms with van der Waals surface area (Å²) < 4.78 is 0. The van der Waals surface area contributed by atoms with E-state index in [1.165, 1.54) is 12.8 Å². The molecule has 2 nitrogen and oxygen atoms in total. The molecular weight excluding hydrogens is 212 g/mol. The van der Waals surface area contributed by atoms with Gasteiger partial charge in [-0.15, -0.1) is 0 Å². The van der Waals surface area contributed by atoms with Gasteiger partial charge < -0.3 is 5.11 Å². The van der Waals surface area contributed by atoms with Gasteiger partial charge in [0.25, 0.3) is 0 Å². The van der Waals surface area contributed by atoms with Crippen LogP contribution in [-0.4, -0.2) is 11.1 Å². The number of carboxylic acid groups (broad SMARTS) is 1. The summed E-state index contributed by atoms with van der Waals surface area (Å²) in [5.41, 5.74) is 0.903. The quantitative estimate of drug-likeness (QED) is 0.519. The Morgan fingerprint density at radius 3 is 2.18 bits per heavy atom. The van der Waals surface area contributed by atoms with E-state index in [4.69, 9.17) is 0 Å². The number of hydrogen-bond donors (Lipinski definition) is 1. The number of rotatable bonds is 7. The SMILES string of the molecule is CCC=C(CCCCC)C(C(=O)O)C(C)(C)C. The van der Waals surface area contributed by atoms with Crippen LogP contribution < -0.4 is 0 Å². The standard InChI is InChI=1S/C15H28O2/c1-6-8-9-11-12(10-7-2)13(14(16)17)15(3,4)5/h10,13H,6-9,11H2,1-5H3,(H,16,17). The fourth-order valence-electron chi connectivity index (χ4n) is 2.29. The minimum absolute atomic E-state index is 0.209. The molecule has 17 heavy (non-hydrogen) atoms. The zero-order valence-electron chi connectivity index (χ0n) is 12.0. The predicted molar refractivity (Wildman–Crippen MR) is 73.1 cm³/mol. The maximum Gasteiger partial charge on any atom is 0.311 e. The molecule has 0 aromatic heterocycles. The highest BCUT2D eigenvalue weighted by Gasteiger charge is 2.33. The lowest BCUT2D eigenvalue weighted by Crippen LogP contribution is -2.30. The largest absolute Gasteiger partial charge is 0.481 e. The van der Waals surface area contributed by atoms with Gasteiger partial charge in [-0.25, -0.2) is 0 Å². The number of carbonyl (C=O) groups is 1. The molecule has 1 atom stereocenters. The first kappa shape index (κ1) is 16.2. The van der Waals surface area contributed by atoms with Gasteiger partial charge in [-0.2, -0.15) is 0 Å². The van der Waals surface area contributed by atoms with Crippen molar-refractivity contribution in [3.8, 4) is 0 Å². The lowest BCUT2D eigenvalue weighted by Gasteiger charge is -2.29. The maximum absolute atomic E-state index is 11.5. The van der Waals surface area contributed by atoms with Crippen LogP contribution in [0.2, 0.25) is 0 Å². The highest BCUT2D eigenvalue weighted by Crippen LogP contribution is 2.35. The normalized spacial score (nSPS) is 14.8. The van der Waals surface area contributed by atoms with Crippen molar-refractivity contribution in [2.24, 2.45) is 11.3 Å². The minimum atomic E-state index is -0.686. The van der Waals surface area contributed by atoms with Crippen molar-refractivity contribution in [2.45, 2.75) is 66.7 Å². The summed E-state index contributed by atoms with van der Waals surface area (Å²) in [6, 6.07) is 0. The van der Waals surface area contributed by atoms with E-state index in [0.717, 1.165) is 24.8 Å². The second-order valence-corrected chi connectivity index (χ2v) is 5.78. The summed E-state index contributed by atoms with van der Waals surface area (Å²) in [7, 11) is 0. The van der Waals surface area contributed by atoms with Gasteiger partial charge in [-0.05, 0) is 24.7 Å². The fraction of sp³-hybridized carbons (Fsp3) is 0.800. The van der Waals surface area contributed by atoms with Gasteiger partial charge in [0.05, 0.1) is 5.92 Å². The van der Waals surface area contributed by atoms with E-state index >= 15 is 0 Å². The summed E-state index contributed by atoms with van der Waals surface area (Å²) in [6.07, 6.45) is 7.41. The maximum atomic E-state index is 11.5. The molecule has 0 rings (SSSR count). The van der Waals surface area contributed by atoms with Crippen LogP contribution in [-0.2, 0) is 4.79 Å². The summed E-state index contributed by atoms with van der Waals surface area (Å²) in [5, 5.41) is 9.42. The van der Waals surface area contributed by atoms with Crippen molar-refractivity contribution in [1.29, 1.82) is 0 Å². The minimum Gasteiger partial charge on any atom is -0.481 e. The number of unbranched alkanes of at least 4 members (excludes halogenated alkanes) is 2. The van der Waals surface area contributed by atoms with Gasteiger partial charge in [0.2, 0.25) is 0 Å². The van der Waals surface area contributed by atoms with Crippen molar-refractivity contribution in [2.75, 3.05) is 0 Å². The van der Waals surface area contributed by atoms with E-state index in [1.54, 1.807) is 0 Å². The van der Waals surface area contributed by atoms with Gasteiger partial charge >= 0.3 is 5.97 Å². The molecule has 0 aliphatic carbocycles. The molecule has 1 unspecified atom stereocenters. The summed E-state index contributed by atoms with van der Waals surface area (Å²) in [4.78, 5) is 11.5. The highest BCUT2D eigenvalue weighted by molar-refractivity contribution is 5.74. The number of allylic oxidation sites excluding steroid dienone is 1. The molecule has 100 valence electrons. The van der Waals surface area contributed by atoms with E-state index in [-0.39, 0.29) is 11.3 Å². The molecule has 1 N–H and O–H groups in total. The molecule has 0 saturated carbocycles. The third-order valence-corrected chi connectivity index (χ3v) is 3.02. The van der Waals surface area contributed by atoms with Crippen LogP contribution in [0.25, 0.3) is 0 Å². The van der Waals surface area contributed by atoms with Crippen LogP contribution in [0.1, 0.15) is 66.7 Å². The van der Waals surface area contributed by atoms with Crippen LogP contribution in [0.5, 0.6) is 0 Å². The lowest BCUT2D eigenvalue weighted by atomic mass is 9.74. The molecule has 0 amide bonds. The molecular formula is C15H28O2. The molecule has 0 radical (unpaired) electrons. The molecule has 0 aromatic carbocycles. The Kier molecular flexibility index (Phi) is 7.17. The van der Waals surface area contributed by atoms with Crippen molar-refractivity contribution < 1.29 is 9.90 Å². The van der Waals surface area contributed by atoms with E-state index in [0.29, 0.717) is 0 Å². The highest BCUT2D eigenvalue weighted by atomic mass is 16.4. The molecule has 0 aromatic rings. The zero-order valence-corrected chi connectivity index (χ0v) is 12.0. The van der Waals surface area contributed by atoms with Crippen molar-refractivity contribution in [3.05, 3.63) is 11.6 Å². The molecule has 0 aliphatic heterocycles. The zero-order chi connectivity index (χ0) is 13.5. The van der Waals surface area contributed by atoms with Crippen LogP contribution in [0.4, 0.5) is 0 Å². The molecule has 0 fully saturated rings. The third kappa shape index (κ3) is 5.90. The number of aliphatic carboxylic acids is 1. The molecule has 0 spiro atoms. The van der Waals surface area contributed by atoms with Crippen LogP contribution in [0.15, 0.2) is 11.6 Å². The molecule has 2 heteroatoms. The molecule has 0 heterocycles. The smallest absolute Gasteiger partial charge is 0.311 e. The van der Waals surface area contributed by atoms with E-state index in [9.17, 15) is 9.90 Å². The first-order chi connectivity index (χ1) is 7.84. The fourth-order valence-corrected chi connectivity index (χ4v) is 2.29. The third-order valence-electron chi connectivity index (χ3n) is 3.02. The second kappa shape index (κ2) is 7.52. The predicted octanol–water partition coefficient (Wildman–Crippen LogP) is 4.65. The Hall–Kier alpha value is -0.790. The topological polar surface area (TPSA) is 37.3 Å². The Labute approximate surface area is 106 Å². The first-order valence-corrected chi connectivity index (χ1v) is 6.76. The van der Waals surface area contributed by atoms with Crippen LogP contribution >= 0.6 is 0 Å². The Morgan fingerprint density at radius 1 is 1.24 bits per heavy atom. The van der Waals surface area contributed by atoms with E-state index in [1.807, 2.05) is 20.8 Å². The average Bonchev–Trinajstić information content (AvgIpc) is 2.15. The molecule has 0 aliphatic rings. The van der Waals surface area contributed by atoms with E-state index in [2.05, 4.69) is 19.9 Å². The first-order valence-electron chi connectivity index (χ1n) is 6.76. The van der Waals surface area contributed by atoms with Crippen LogP contribution in [0, 0.1) is 11.3 Å². The van der Waals surface area contributed by atoms with Gasteiger partial charge in [-0.1, -0.05) is 59.1 Å². The van der Waals surface area contributed by atoms with Crippen molar-refractivity contribution in [3.63, 3.8) is 0 Å². The van der Waals surface area contributed by atoms with Gasteiger partial charge in [0.15, 0.2) is 0 Å². The van der Waals surface area contributed by atoms with Crippen LogP contribution in [0.3, 0.4) is 0 Å².